The third kappa shape index (κ3) is 3.02. The predicted octanol–water partition coefficient (Wildman–Crippen LogP) is 1.60. The minimum absolute atomic E-state index is 0.0690. The predicted molar refractivity (Wildman–Crippen MR) is 92.9 cm³/mol. The number of carbonyl (C=O) groups is 2. The minimum Gasteiger partial charge on any atom is -0.367 e. The smallest absolute Gasteiger partial charge is 0.327 e. The zero-order valence-electron chi connectivity index (χ0n) is 14.5. The van der Waals surface area contributed by atoms with Crippen LogP contribution < -0.4 is 4.90 Å². The van der Waals surface area contributed by atoms with Crippen molar-refractivity contribution in [1.29, 1.82) is 0 Å². The zero-order chi connectivity index (χ0) is 18.3. The van der Waals surface area contributed by atoms with Crippen molar-refractivity contribution >= 4 is 17.6 Å². The van der Waals surface area contributed by atoms with Crippen LogP contribution in [-0.2, 0) is 18.4 Å². The van der Waals surface area contributed by atoms with Gasteiger partial charge in [-0.1, -0.05) is 12.1 Å². The maximum Gasteiger partial charge on any atom is 0.327 e. The molecule has 2 aromatic rings. The van der Waals surface area contributed by atoms with Crippen molar-refractivity contribution in [3.8, 4) is 0 Å². The van der Waals surface area contributed by atoms with Crippen molar-refractivity contribution in [2.24, 2.45) is 7.05 Å². The third-order valence-electron chi connectivity index (χ3n) is 4.94. The molecule has 2 saturated heterocycles. The number of amides is 3. The molecule has 0 radical (unpaired) electrons. The Kier molecular flexibility index (Phi) is 4.10. The molecule has 2 fully saturated rings. The van der Waals surface area contributed by atoms with Gasteiger partial charge >= 0.3 is 6.03 Å². The first kappa shape index (κ1) is 16.6. The van der Waals surface area contributed by atoms with Crippen molar-refractivity contribution in [2.45, 2.75) is 19.0 Å². The molecule has 0 spiro atoms. The molecule has 1 aromatic heterocycles. The van der Waals surface area contributed by atoms with Crippen LogP contribution in [0.25, 0.3) is 0 Å². The monoisotopic (exact) mass is 357 g/mol. The summed E-state index contributed by atoms with van der Waals surface area (Å²) >= 11 is 0. The van der Waals surface area contributed by atoms with E-state index in [1.165, 1.54) is 21.9 Å². The van der Waals surface area contributed by atoms with E-state index in [1.807, 2.05) is 13.2 Å². The molecular formula is C18H20FN5O2. The van der Waals surface area contributed by atoms with Crippen molar-refractivity contribution in [3.05, 3.63) is 48.0 Å². The number of aryl methyl sites for hydroxylation is 1. The lowest BCUT2D eigenvalue weighted by molar-refractivity contribution is -0.126. The molecule has 0 bridgehead atoms. The lowest BCUT2D eigenvalue weighted by atomic mass is 10.2. The average molecular weight is 357 g/mol. The van der Waals surface area contributed by atoms with Gasteiger partial charge in [-0.05, 0) is 24.1 Å². The van der Waals surface area contributed by atoms with Crippen LogP contribution in [-0.4, -0.2) is 57.2 Å². The Morgan fingerprint density at radius 3 is 2.69 bits per heavy atom. The number of hydrogen-bond donors (Lipinski definition) is 0. The van der Waals surface area contributed by atoms with Gasteiger partial charge in [0.25, 0.3) is 5.91 Å². The number of hydrogen-bond acceptors (Lipinski definition) is 4. The van der Waals surface area contributed by atoms with Gasteiger partial charge in [0.2, 0.25) is 0 Å². The van der Waals surface area contributed by atoms with Gasteiger partial charge in [0.05, 0.1) is 17.9 Å². The number of nitrogens with zero attached hydrogens (tertiary/aromatic N) is 5. The van der Waals surface area contributed by atoms with Gasteiger partial charge in [0.15, 0.2) is 0 Å². The topological polar surface area (TPSA) is 61.7 Å². The van der Waals surface area contributed by atoms with E-state index in [0.717, 1.165) is 24.2 Å². The molecule has 0 aliphatic carbocycles. The van der Waals surface area contributed by atoms with E-state index in [-0.39, 0.29) is 30.3 Å². The van der Waals surface area contributed by atoms with Crippen LogP contribution in [0, 0.1) is 5.82 Å². The number of urea groups is 1. The maximum atomic E-state index is 13.0. The van der Waals surface area contributed by atoms with Crippen LogP contribution in [0.4, 0.5) is 14.9 Å². The van der Waals surface area contributed by atoms with E-state index < -0.39 is 0 Å². The van der Waals surface area contributed by atoms with Gasteiger partial charge in [0.1, 0.15) is 12.4 Å². The molecular weight excluding hydrogens is 337 g/mol. The Hall–Kier alpha value is -2.90. The molecule has 7 nitrogen and oxygen atoms in total. The molecule has 26 heavy (non-hydrogen) atoms. The molecule has 8 heteroatoms. The fraction of sp³-hybridized carbons (Fsp3) is 0.389. The first-order chi connectivity index (χ1) is 12.5. The van der Waals surface area contributed by atoms with E-state index in [1.54, 1.807) is 23.0 Å². The van der Waals surface area contributed by atoms with Crippen LogP contribution in [0.5, 0.6) is 0 Å². The number of benzene rings is 1. The van der Waals surface area contributed by atoms with Gasteiger partial charge in [0, 0.05) is 32.9 Å². The van der Waals surface area contributed by atoms with E-state index in [4.69, 9.17) is 0 Å². The fourth-order valence-corrected chi connectivity index (χ4v) is 3.62. The van der Waals surface area contributed by atoms with E-state index in [2.05, 4.69) is 10.00 Å². The highest BCUT2D eigenvalue weighted by atomic mass is 19.1. The third-order valence-corrected chi connectivity index (χ3v) is 4.94. The summed E-state index contributed by atoms with van der Waals surface area (Å²) < 4.78 is 14.8. The van der Waals surface area contributed by atoms with Gasteiger partial charge in [-0.2, -0.15) is 5.10 Å². The van der Waals surface area contributed by atoms with Crippen molar-refractivity contribution < 1.29 is 14.0 Å². The Bertz CT molecular complexity index is 834. The number of rotatable bonds is 4. The van der Waals surface area contributed by atoms with Gasteiger partial charge in [-0.25, -0.2) is 9.18 Å². The zero-order valence-corrected chi connectivity index (χ0v) is 14.5. The van der Waals surface area contributed by atoms with Gasteiger partial charge in [-0.15, -0.1) is 0 Å². The Labute approximate surface area is 150 Å². The lowest BCUT2D eigenvalue weighted by Gasteiger charge is -2.23. The normalized spacial score (nSPS) is 20.5. The van der Waals surface area contributed by atoms with E-state index in [9.17, 15) is 14.0 Å². The van der Waals surface area contributed by atoms with Crippen LogP contribution in [0.1, 0.15) is 12.0 Å². The Morgan fingerprint density at radius 1 is 1.23 bits per heavy atom. The largest absolute Gasteiger partial charge is 0.367 e. The highest BCUT2D eigenvalue weighted by Gasteiger charge is 2.42. The molecule has 0 saturated carbocycles. The van der Waals surface area contributed by atoms with E-state index >= 15 is 0 Å². The SMILES string of the molecule is Cn1cc(N2CCC(N3C(=O)CN(Cc4ccc(F)cc4)C3=O)C2)cn1. The number of carbonyl (C=O) groups excluding carboxylic acids is 2. The number of halogens is 1. The van der Waals surface area contributed by atoms with Crippen LogP contribution >= 0.6 is 0 Å². The molecule has 3 heterocycles. The Morgan fingerprint density at radius 2 is 2.00 bits per heavy atom. The second kappa shape index (κ2) is 6.44. The number of aromatic nitrogens is 2. The minimum atomic E-state index is -0.319. The summed E-state index contributed by atoms with van der Waals surface area (Å²) in [5.74, 6) is -0.490. The Balaban J connectivity index is 1.43. The first-order valence-electron chi connectivity index (χ1n) is 8.60. The van der Waals surface area contributed by atoms with Crippen molar-refractivity contribution in [3.63, 3.8) is 0 Å². The second-order valence-corrected chi connectivity index (χ2v) is 6.79. The summed E-state index contributed by atoms with van der Waals surface area (Å²) in [5.41, 5.74) is 1.80. The second-order valence-electron chi connectivity index (χ2n) is 6.79. The lowest BCUT2D eigenvalue weighted by Crippen LogP contribution is -2.42. The number of anilines is 1. The van der Waals surface area contributed by atoms with Crippen LogP contribution in [0.2, 0.25) is 0 Å². The molecule has 2 aliphatic rings. The van der Waals surface area contributed by atoms with Crippen molar-refractivity contribution in [2.75, 3.05) is 24.5 Å². The molecule has 4 rings (SSSR count). The molecule has 1 unspecified atom stereocenters. The molecule has 0 N–H and O–H groups in total. The fourth-order valence-electron chi connectivity index (χ4n) is 3.62. The van der Waals surface area contributed by atoms with Crippen molar-refractivity contribution in [1.82, 2.24) is 19.6 Å². The molecule has 2 aliphatic heterocycles. The highest BCUT2D eigenvalue weighted by Crippen LogP contribution is 2.26. The summed E-state index contributed by atoms with van der Waals surface area (Å²) in [6.07, 6.45) is 4.46. The highest BCUT2D eigenvalue weighted by molar-refractivity contribution is 6.02. The first-order valence-corrected chi connectivity index (χ1v) is 8.60. The maximum absolute atomic E-state index is 13.0. The summed E-state index contributed by atoms with van der Waals surface area (Å²) in [5, 5.41) is 4.17. The molecule has 1 aromatic carbocycles. The van der Waals surface area contributed by atoms with Crippen LogP contribution in [0.3, 0.4) is 0 Å². The quantitative estimate of drug-likeness (QED) is 0.780. The summed E-state index contributed by atoms with van der Waals surface area (Å²) in [6.45, 7) is 1.78. The molecule has 3 amide bonds. The molecule has 136 valence electrons. The van der Waals surface area contributed by atoms with Gasteiger partial charge in [-0.3, -0.25) is 14.4 Å². The molecule has 1 atom stereocenters. The number of imide groups is 1. The standard InChI is InChI=1S/C18H20FN5O2/c1-21-10-16(8-20-21)22-7-6-15(11-22)24-17(25)12-23(18(24)26)9-13-2-4-14(19)5-3-13/h2-5,8,10,15H,6-7,9,11-12H2,1H3. The summed E-state index contributed by atoms with van der Waals surface area (Å²) in [7, 11) is 1.86. The van der Waals surface area contributed by atoms with Crippen LogP contribution in [0.15, 0.2) is 36.7 Å². The van der Waals surface area contributed by atoms with E-state index in [0.29, 0.717) is 13.1 Å². The summed E-state index contributed by atoms with van der Waals surface area (Å²) in [4.78, 5) is 30.2. The van der Waals surface area contributed by atoms with Gasteiger partial charge < -0.3 is 9.80 Å². The summed E-state index contributed by atoms with van der Waals surface area (Å²) in [6, 6.07) is 5.59. The average Bonchev–Trinajstić information content (AvgIpc) is 3.30.